The van der Waals surface area contributed by atoms with E-state index >= 15 is 0 Å². The lowest BCUT2D eigenvalue weighted by molar-refractivity contribution is -0.116. The molecule has 162 valence electrons. The normalized spacial score (nSPS) is 13.4. The molecule has 0 saturated heterocycles. The summed E-state index contributed by atoms with van der Waals surface area (Å²) in [7, 11) is 1.43. The van der Waals surface area contributed by atoms with E-state index in [9.17, 15) is 19.5 Å². The van der Waals surface area contributed by atoms with Crippen molar-refractivity contribution in [3.8, 4) is 0 Å². The number of benzene rings is 2. The number of fused-ring (bicyclic) bond motifs is 1. The summed E-state index contributed by atoms with van der Waals surface area (Å²) < 4.78 is 5.10. The maximum atomic E-state index is 13.2. The number of aromatic carboxylic acids is 1. The lowest BCUT2D eigenvalue weighted by Crippen LogP contribution is -2.21. The van der Waals surface area contributed by atoms with Gasteiger partial charge in [0.05, 0.1) is 41.1 Å². The summed E-state index contributed by atoms with van der Waals surface area (Å²) in [6.45, 7) is 1.73. The first-order valence-corrected chi connectivity index (χ1v) is 9.81. The van der Waals surface area contributed by atoms with Crippen LogP contribution in [0.3, 0.4) is 0 Å². The molecule has 9 nitrogen and oxygen atoms in total. The Morgan fingerprint density at radius 1 is 1.12 bits per heavy atom. The maximum Gasteiger partial charge on any atom is 0.338 e. The van der Waals surface area contributed by atoms with Crippen LogP contribution in [0.5, 0.6) is 0 Å². The number of ether oxygens (including phenoxy) is 1. The SMILES string of the molecule is COCc1nc2ccccc2c(C(=O)Nc2ccc(N3N=C(C)CC3=O)cc2)c1C(=O)O. The molecule has 1 aliphatic heterocycles. The van der Waals surface area contributed by atoms with Gasteiger partial charge in [-0.05, 0) is 37.3 Å². The van der Waals surface area contributed by atoms with E-state index in [0.29, 0.717) is 22.3 Å². The predicted octanol–water partition coefficient (Wildman–Crippen LogP) is 3.44. The predicted molar refractivity (Wildman–Crippen MR) is 119 cm³/mol. The third kappa shape index (κ3) is 3.93. The van der Waals surface area contributed by atoms with Crippen LogP contribution in [0.2, 0.25) is 0 Å². The number of hydrogen-bond acceptors (Lipinski definition) is 6. The van der Waals surface area contributed by atoms with Crippen molar-refractivity contribution in [2.75, 3.05) is 17.4 Å². The Labute approximate surface area is 183 Å². The van der Waals surface area contributed by atoms with Gasteiger partial charge in [-0.3, -0.25) is 9.59 Å². The third-order valence-corrected chi connectivity index (χ3v) is 4.97. The largest absolute Gasteiger partial charge is 0.478 e. The topological polar surface area (TPSA) is 121 Å². The van der Waals surface area contributed by atoms with Crippen molar-refractivity contribution >= 4 is 45.8 Å². The summed E-state index contributed by atoms with van der Waals surface area (Å²) in [4.78, 5) is 41.6. The minimum atomic E-state index is -1.27. The fourth-order valence-electron chi connectivity index (χ4n) is 3.61. The molecule has 32 heavy (non-hydrogen) atoms. The van der Waals surface area contributed by atoms with Gasteiger partial charge in [-0.25, -0.2) is 14.8 Å². The molecule has 2 N–H and O–H groups in total. The number of carboxylic acids is 1. The van der Waals surface area contributed by atoms with Gasteiger partial charge in [0.1, 0.15) is 0 Å². The molecule has 0 aliphatic carbocycles. The minimum Gasteiger partial charge on any atom is -0.478 e. The van der Waals surface area contributed by atoms with Crippen LogP contribution in [0.15, 0.2) is 53.6 Å². The van der Waals surface area contributed by atoms with Crippen LogP contribution >= 0.6 is 0 Å². The molecule has 0 unspecified atom stereocenters. The number of aromatic nitrogens is 1. The Morgan fingerprint density at radius 3 is 2.47 bits per heavy atom. The number of carboxylic acid groups (broad SMARTS) is 1. The Bertz CT molecular complexity index is 1270. The highest BCUT2D eigenvalue weighted by atomic mass is 16.5. The smallest absolute Gasteiger partial charge is 0.338 e. The first kappa shape index (κ1) is 21.1. The standard InChI is InChI=1S/C23H20N4O5/c1-13-11-19(28)27(26-13)15-9-7-14(8-10-15)24-22(29)20-16-5-3-4-6-17(16)25-18(12-32-2)21(20)23(30)31/h3-10H,11-12H2,1-2H3,(H,24,29)(H,30,31). The number of methoxy groups -OCH3 is 1. The van der Waals surface area contributed by atoms with E-state index in [1.807, 2.05) is 0 Å². The summed E-state index contributed by atoms with van der Waals surface area (Å²) in [5.74, 6) is -1.98. The van der Waals surface area contributed by atoms with E-state index in [0.717, 1.165) is 5.71 Å². The van der Waals surface area contributed by atoms with E-state index < -0.39 is 11.9 Å². The molecule has 0 saturated carbocycles. The van der Waals surface area contributed by atoms with Crippen LogP contribution in [0.4, 0.5) is 11.4 Å². The molecule has 3 aromatic rings. The highest BCUT2D eigenvalue weighted by Gasteiger charge is 2.26. The zero-order valence-corrected chi connectivity index (χ0v) is 17.5. The number of nitrogens with one attached hydrogen (secondary N) is 1. The number of para-hydroxylation sites is 1. The van der Waals surface area contributed by atoms with Crippen LogP contribution in [0.25, 0.3) is 10.9 Å². The van der Waals surface area contributed by atoms with E-state index in [2.05, 4.69) is 15.4 Å². The van der Waals surface area contributed by atoms with Crippen LogP contribution in [0.1, 0.15) is 39.8 Å². The van der Waals surface area contributed by atoms with Crippen molar-refractivity contribution in [2.24, 2.45) is 5.10 Å². The maximum absolute atomic E-state index is 13.2. The molecular formula is C23H20N4O5. The highest BCUT2D eigenvalue weighted by molar-refractivity contribution is 6.18. The lowest BCUT2D eigenvalue weighted by atomic mass is 9.99. The van der Waals surface area contributed by atoms with Crippen molar-refractivity contribution < 1.29 is 24.2 Å². The molecule has 0 bridgehead atoms. The molecule has 4 rings (SSSR count). The zero-order chi connectivity index (χ0) is 22.8. The van der Waals surface area contributed by atoms with Crippen LogP contribution in [0, 0.1) is 0 Å². The second kappa shape index (κ2) is 8.56. The molecule has 2 aromatic carbocycles. The first-order valence-electron chi connectivity index (χ1n) is 9.81. The zero-order valence-electron chi connectivity index (χ0n) is 17.5. The second-order valence-electron chi connectivity index (χ2n) is 7.28. The number of carbonyl (C=O) groups excluding carboxylic acids is 2. The summed E-state index contributed by atoms with van der Waals surface area (Å²) in [6, 6.07) is 13.4. The fourth-order valence-corrected chi connectivity index (χ4v) is 3.61. The van der Waals surface area contributed by atoms with Crippen molar-refractivity contribution in [3.05, 3.63) is 65.4 Å². The number of nitrogens with zero attached hydrogens (tertiary/aromatic N) is 3. The Morgan fingerprint density at radius 2 is 1.84 bits per heavy atom. The molecule has 0 spiro atoms. The van der Waals surface area contributed by atoms with Crippen molar-refractivity contribution in [2.45, 2.75) is 20.0 Å². The fraction of sp³-hybridized carbons (Fsp3) is 0.174. The second-order valence-corrected chi connectivity index (χ2v) is 7.28. The lowest BCUT2D eigenvalue weighted by Gasteiger charge is -2.15. The number of hydrogen-bond donors (Lipinski definition) is 2. The molecular weight excluding hydrogens is 412 g/mol. The summed E-state index contributed by atoms with van der Waals surface area (Å²) in [5.41, 5.74) is 2.21. The minimum absolute atomic E-state index is 0.00849. The number of pyridine rings is 1. The molecule has 0 atom stereocenters. The average Bonchev–Trinajstić information content (AvgIpc) is 3.11. The number of rotatable bonds is 6. The van der Waals surface area contributed by atoms with E-state index in [1.165, 1.54) is 12.1 Å². The molecule has 0 fully saturated rings. The van der Waals surface area contributed by atoms with Crippen LogP contribution < -0.4 is 10.3 Å². The summed E-state index contributed by atoms with van der Waals surface area (Å²) >= 11 is 0. The van der Waals surface area contributed by atoms with Crippen molar-refractivity contribution in [3.63, 3.8) is 0 Å². The molecule has 2 amide bonds. The number of anilines is 2. The number of amides is 2. The molecule has 2 heterocycles. The molecule has 1 aliphatic rings. The molecule has 9 heteroatoms. The van der Waals surface area contributed by atoms with E-state index in [-0.39, 0.29) is 35.8 Å². The van der Waals surface area contributed by atoms with Gasteiger partial charge in [0.25, 0.3) is 11.8 Å². The Kier molecular flexibility index (Phi) is 5.65. The molecule has 0 radical (unpaired) electrons. The molecule has 1 aromatic heterocycles. The van der Waals surface area contributed by atoms with Crippen LogP contribution in [-0.4, -0.2) is 40.7 Å². The van der Waals surface area contributed by atoms with Gasteiger partial charge in [0.15, 0.2) is 0 Å². The average molecular weight is 432 g/mol. The number of hydrazone groups is 1. The van der Waals surface area contributed by atoms with Gasteiger partial charge in [0, 0.05) is 23.9 Å². The van der Waals surface area contributed by atoms with Gasteiger partial charge in [0.2, 0.25) is 0 Å². The first-order chi connectivity index (χ1) is 15.4. The van der Waals surface area contributed by atoms with Crippen LogP contribution in [-0.2, 0) is 16.1 Å². The van der Waals surface area contributed by atoms with E-state index in [1.54, 1.807) is 55.5 Å². The van der Waals surface area contributed by atoms with Gasteiger partial charge >= 0.3 is 5.97 Å². The van der Waals surface area contributed by atoms with Gasteiger partial charge in [-0.1, -0.05) is 18.2 Å². The van der Waals surface area contributed by atoms with Crippen molar-refractivity contribution in [1.29, 1.82) is 0 Å². The van der Waals surface area contributed by atoms with Gasteiger partial charge < -0.3 is 15.2 Å². The number of carbonyl (C=O) groups is 3. The summed E-state index contributed by atoms with van der Waals surface area (Å²) in [5, 5.41) is 18.5. The van der Waals surface area contributed by atoms with Crippen molar-refractivity contribution in [1.82, 2.24) is 4.98 Å². The van der Waals surface area contributed by atoms with E-state index in [4.69, 9.17) is 4.74 Å². The van der Waals surface area contributed by atoms with Gasteiger partial charge in [-0.2, -0.15) is 5.10 Å². The summed E-state index contributed by atoms with van der Waals surface area (Å²) in [6.07, 6.45) is 0.273. The van der Waals surface area contributed by atoms with Gasteiger partial charge in [-0.15, -0.1) is 0 Å². The third-order valence-electron chi connectivity index (χ3n) is 4.97. The quantitative estimate of drug-likeness (QED) is 0.615. The Hall–Kier alpha value is -4.11. The monoisotopic (exact) mass is 432 g/mol. The highest BCUT2D eigenvalue weighted by Crippen LogP contribution is 2.27. The Balaban J connectivity index is 1.70.